The number of benzene rings is 1. The van der Waals surface area contributed by atoms with E-state index in [1.807, 2.05) is 0 Å². The van der Waals surface area contributed by atoms with Gasteiger partial charge in [0.15, 0.2) is 11.6 Å². The predicted molar refractivity (Wildman–Crippen MR) is 58.9 cm³/mol. The van der Waals surface area contributed by atoms with Gasteiger partial charge in [0.25, 0.3) is 0 Å². The minimum atomic E-state index is -0.968. The maximum atomic E-state index is 13.1. The number of halogens is 4. The summed E-state index contributed by atoms with van der Waals surface area (Å²) in [6, 6.07) is 1.98. The molecule has 2 rings (SSSR count). The molecule has 1 aromatic carbocycles. The smallest absolute Gasteiger partial charge is 0.160 e. The maximum Gasteiger partial charge on any atom is 0.160 e. The molecule has 1 aromatic rings. The van der Waals surface area contributed by atoms with Crippen LogP contribution in [0.3, 0.4) is 0 Å². The van der Waals surface area contributed by atoms with Crippen molar-refractivity contribution in [3.63, 3.8) is 0 Å². The van der Waals surface area contributed by atoms with Gasteiger partial charge in [-0.3, -0.25) is 0 Å². The summed E-state index contributed by atoms with van der Waals surface area (Å²) in [7, 11) is 0. The summed E-state index contributed by atoms with van der Waals surface area (Å²) in [6.45, 7) is 0.648. The molecule has 5 heteroatoms. The molecule has 1 nitrogen and oxygen atoms in total. The fraction of sp³-hybridized carbons (Fsp3) is 0.455. The van der Waals surface area contributed by atoms with Gasteiger partial charge in [-0.15, -0.1) is 11.6 Å². The first-order valence-corrected chi connectivity index (χ1v) is 5.81. The lowest BCUT2D eigenvalue weighted by Crippen LogP contribution is -2.13. The van der Waals surface area contributed by atoms with Gasteiger partial charge in [0, 0.05) is 11.6 Å². The molecule has 1 fully saturated rings. The van der Waals surface area contributed by atoms with Crippen molar-refractivity contribution in [3.8, 4) is 0 Å². The molecule has 0 aromatic heterocycles. The van der Waals surface area contributed by atoms with Crippen molar-refractivity contribution in [1.29, 1.82) is 0 Å². The van der Waals surface area contributed by atoms with Crippen molar-refractivity contribution < 1.29 is 13.5 Å². The van der Waals surface area contributed by atoms with E-state index >= 15 is 0 Å². The van der Waals surface area contributed by atoms with Crippen LogP contribution in [0.4, 0.5) is 8.78 Å². The van der Waals surface area contributed by atoms with Gasteiger partial charge in [-0.2, -0.15) is 0 Å². The van der Waals surface area contributed by atoms with Gasteiger partial charge in [-0.25, -0.2) is 8.78 Å². The second-order valence-electron chi connectivity index (χ2n) is 3.74. The van der Waals surface area contributed by atoms with E-state index in [1.165, 1.54) is 0 Å². The quantitative estimate of drug-likeness (QED) is 0.579. The zero-order valence-corrected chi connectivity index (χ0v) is 9.86. The SMILES string of the molecule is Fc1cc(Cl)c(C(Cl)C2CCCO2)cc1F. The average molecular weight is 267 g/mol. The monoisotopic (exact) mass is 266 g/mol. The Morgan fingerprint density at radius 3 is 2.62 bits per heavy atom. The first kappa shape index (κ1) is 12.1. The normalized spacial score (nSPS) is 22.4. The molecule has 0 saturated carbocycles. The average Bonchev–Trinajstić information content (AvgIpc) is 2.75. The predicted octanol–water partition coefficient (Wildman–Crippen LogP) is 4.08. The summed E-state index contributed by atoms with van der Waals surface area (Å²) in [5.41, 5.74) is 0.383. The number of ether oxygens (including phenoxy) is 1. The van der Waals surface area contributed by atoms with Crippen molar-refractivity contribution in [1.82, 2.24) is 0 Å². The number of rotatable bonds is 2. The Morgan fingerprint density at radius 2 is 2.00 bits per heavy atom. The second-order valence-corrected chi connectivity index (χ2v) is 4.62. The van der Waals surface area contributed by atoms with Gasteiger partial charge < -0.3 is 4.74 Å². The first-order chi connectivity index (χ1) is 7.59. The third-order valence-electron chi connectivity index (χ3n) is 2.63. The number of hydrogen-bond donors (Lipinski definition) is 0. The number of alkyl halides is 1. The standard InChI is InChI=1S/C11H10Cl2F2O/c12-7-5-9(15)8(14)4-6(7)11(13)10-2-1-3-16-10/h4-5,10-11H,1-3H2. The molecule has 1 heterocycles. The topological polar surface area (TPSA) is 9.23 Å². The minimum Gasteiger partial charge on any atom is -0.376 e. The molecule has 0 aliphatic carbocycles. The van der Waals surface area contributed by atoms with E-state index < -0.39 is 17.0 Å². The third kappa shape index (κ3) is 2.31. The third-order valence-corrected chi connectivity index (χ3v) is 3.47. The zero-order chi connectivity index (χ0) is 11.7. The molecule has 0 amide bonds. The van der Waals surface area contributed by atoms with E-state index in [-0.39, 0.29) is 11.1 Å². The maximum absolute atomic E-state index is 13.1. The second kappa shape index (κ2) is 4.86. The summed E-state index contributed by atoms with van der Waals surface area (Å²) in [5.74, 6) is -1.91. The van der Waals surface area contributed by atoms with Gasteiger partial charge in [-0.1, -0.05) is 11.6 Å². The summed E-state index contributed by atoms with van der Waals surface area (Å²) < 4.78 is 31.3. The van der Waals surface area contributed by atoms with Crippen LogP contribution in [0.5, 0.6) is 0 Å². The largest absolute Gasteiger partial charge is 0.376 e. The van der Waals surface area contributed by atoms with Gasteiger partial charge in [0.05, 0.1) is 11.5 Å². The molecule has 2 unspecified atom stereocenters. The van der Waals surface area contributed by atoms with Crippen LogP contribution >= 0.6 is 23.2 Å². The van der Waals surface area contributed by atoms with Gasteiger partial charge in [0.2, 0.25) is 0 Å². The molecule has 0 bridgehead atoms. The zero-order valence-electron chi connectivity index (χ0n) is 8.35. The molecule has 1 saturated heterocycles. The Morgan fingerprint density at radius 1 is 1.31 bits per heavy atom. The van der Waals surface area contributed by atoms with Crippen molar-refractivity contribution in [2.45, 2.75) is 24.3 Å². The summed E-state index contributed by atoms with van der Waals surface area (Å²) in [4.78, 5) is 0. The van der Waals surface area contributed by atoms with E-state index in [0.29, 0.717) is 12.2 Å². The molecule has 1 aliphatic heterocycles. The number of hydrogen-bond acceptors (Lipinski definition) is 1. The van der Waals surface area contributed by atoms with E-state index in [2.05, 4.69) is 0 Å². The Balaban J connectivity index is 2.28. The van der Waals surface area contributed by atoms with Crippen LogP contribution in [0.1, 0.15) is 23.8 Å². The first-order valence-electron chi connectivity index (χ1n) is 4.99. The van der Waals surface area contributed by atoms with Crippen molar-refractivity contribution in [2.24, 2.45) is 0 Å². The summed E-state index contributed by atoms with van der Waals surface area (Å²) in [6.07, 6.45) is 1.56. The Hall–Kier alpha value is -0.380. The molecule has 1 aliphatic rings. The molecule has 16 heavy (non-hydrogen) atoms. The summed E-state index contributed by atoms with van der Waals surface area (Å²) >= 11 is 12.0. The lowest BCUT2D eigenvalue weighted by atomic mass is 10.0. The van der Waals surface area contributed by atoms with Gasteiger partial charge in [0.1, 0.15) is 0 Å². The van der Waals surface area contributed by atoms with Crippen LogP contribution in [0.15, 0.2) is 12.1 Å². The highest BCUT2D eigenvalue weighted by atomic mass is 35.5. The van der Waals surface area contributed by atoms with Crippen LogP contribution < -0.4 is 0 Å². The van der Waals surface area contributed by atoms with E-state index in [0.717, 1.165) is 25.0 Å². The molecule has 0 spiro atoms. The van der Waals surface area contributed by atoms with Crippen LogP contribution in [0.25, 0.3) is 0 Å². The van der Waals surface area contributed by atoms with Crippen molar-refractivity contribution in [3.05, 3.63) is 34.4 Å². The van der Waals surface area contributed by atoms with Crippen molar-refractivity contribution >= 4 is 23.2 Å². The van der Waals surface area contributed by atoms with Crippen LogP contribution in [0, 0.1) is 11.6 Å². The van der Waals surface area contributed by atoms with E-state index in [4.69, 9.17) is 27.9 Å². The molecule has 88 valence electrons. The summed E-state index contributed by atoms with van der Waals surface area (Å²) in [5, 5.41) is -0.403. The van der Waals surface area contributed by atoms with Crippen LogP contribution in [0.2, 0.25) is 5.02 Å². The van der Waals surface area contributed by atoms with E-state index in [9.17, 15) is 8.78 Å². The van der Waals surface area contributed by atoms with Crippen LogP contribution in [-0.4, -0.2) is 12.7 Å². The molecular formula is C11H10Cl2F2O. The van der Waals surface area contributed by atoms with Gasteiger partial charge >= 0.3 is 0 Å². The minimum absolute atomic E-state index is 0.134. The van der Waals surface area contributed by atoms with Crippen molar-refractivity contribution in [2.75, 3.05) is 6.61 Å². The highest BCUT2D eigenvalue weighted by Crippen LogP contribution is 2.36. The molecule has 0 radical (unpaired) electrons. The lowest BCUT2D eigenvalue weighted by Gasteiger charge is -2.18. The Bertz CT molecular complexity index is 392. The fourth-order valence-electron chi connectivity index (χ4n) is 1.78. The lowest BCUT2D eigenvalue weighted by molar-refractivity contribution is 0.107. The van der Waals surface area contributed by atoms with Gasteiger partial charge in [-0.05, 0) is 30.5 Å². The fourth-order valence-corrected chi connectivity index (χ4v) is 2.49. The highest BCUT2D eigenvalue weighted by molar-refractivity contribution is 6.32. The molecule has 0 N–H and O–H groups in total. The van der Waals surface area contributed by atoms with Crippen LogP contribution in [-0.2, 0) is 4.74 Å². The highest BCUT2D eigenvalue weighted by Gasteiger charge is 2.27. The Labute approximate surface area is 102 Å². The molecule has 2 atom stereocenters. The Kier molecular flexibility index (Phi) is 3.67. The molecular weight excluding hydrogens is 257 g/mol. The van der Waals surface area contributed by atoms with E-state index in [1.54, 1.807) is 0 Å².